The van der Waals surface area contributed by atoms with Crippen molar-refractivity contribution in [3.8, 4) is 0 Å². The van der Waals surface area contributed by atoms with Crippen LogP contribution in [0.4, 0.5) is 0 Å². The summed E-state index contributed by atoms with van der Waals surface area (Å²) in [6.07, 6.45) is 5.02. The van der Waals surface area contributed by atoms with Crippen LogP contribution in [-0.2, 0) is 10.0 Å². The standard InChI is InChI=1S/C10H20BrNO2S/c1-2-12(9-8-11)15(13,14)10-6-4-3-5-7-10/h10H,2-9H2,1H3. The van der Waals surface area contributed by atoms with Crippen molar-refractivity contribution in [3.05, 3.63) is 0 Å². The lowest BCUT2D eigenvalue weighted by molar-refractivity contribution is 0.412. The van der Waals surface area contributed by atoms with Crippen LogP contribution in [0.5, 0.6) is 0 Å². The highest BCUT2D eigenvalue weighted by atomic mass is 79.9. The molecule has 1 aliphatic rings. The van der Waals surface area contributed by atoms with E-state index in [1.54, 1.807) is 4.31 Å². The second-order valence-electron chi connectivity index (χ2n) is 3.99. The number of alkyl halides is 1. The average Bonchev–Trinajstić information content (AvgIpc) is 2.27. The number of nitrogens with zero attached hydrogens (tertiary/aromatic N) is 1. The third-order valence-corrected chi connectivity index (χ3v) is 5.85. The predicted octanol–water partition coefficient (Wildman–Crippen LogP) is 2.37. The third kappa shape index (κ3) is 3.43. The molecule has 0 bridgehead atoms. The molecule has 0 aromatic heterocycles. The lowest BCUT2D eigenvalue weighted by Crippen LogP contribution is -2.40. The van der Waals surface area contributed by atoms with Crippen LogP contribution in [0.1, 0.15) is 39.0 Å². The lowest BCUT2D eigenvalue weighted by atomic mass is 10.0. The van der Waals surface area contributed by atoms with Crippen molar-refractivity contribution in [2.45, 2.75) is 44.3 Å². The fraction of sp³-hybridized carbons (Fsp3) is 1.00. The maximum Gasteiger partial charge on any atom is 0.216 e. The minimum Gasteiger partial charge on any atom is -0.212 e. The van der Waals surface area contributed by atoms with E-state index < -0.39 is 10.0 Å². The molecule has 0 aromatic rings. The monoisotopic (exact) mass is 297 g/mol. The molecule has 5 heteroatoms. The fourth-order valence-electron chi connectivity index (χ4n) is 2.13. The van der Waals surface area contributed by atoms with E-state index in [1.165, 1.54) is 6.42 Å². The van der Waals surface area contributed by atoms with Crippen molar-refractivity contribution in [2.75, 3.05) is 18.4 Å². The minimum absolute atomic E-state index is 0.120. The van der Waals surface area contributed by atoms with Gasteiger partial charge in [-0.15, -0.1) is 0 Å². The molecule has 15 heavy (non-hydrogen) atoms. The van der Waals surface area contributed by atoms with E-state index in [0.717, 1.165) is 25.7 Å². The highest BCUT2D eigenvalue weighted by molar-refractivity contribution is 9.09. The molecule has 3 nitrogen and oxygen atoms in total. The van der Waals surface area contributed by atoms with Crippen LogP contribution < -0.4 is 0 Å². The zero-order chi connectivity index (χ0) is 11.3. The molecule has 1 fully saturated rings. The first-order chi connectivity index (χ1) is 7.12. The number of hydrogen-bond acceptors (Lipinski definition) is 2. The zero-order valence-electron chi connectivity index (χ0n) is 9.28. The minimum atomic E-state index is -3.03. The van der Waals surface area contributed by atoms with Gasteiger partial charge in [-0.05, 0) is 12.8 Å². The summed E-state index contributed by atoms with van der Waals surface area (Å²) in [7, 11) is -3.03. The molecule has 0 heterocycles. The zero-order valence-corrected chi connectivity index (χ0v) is 11.7. The topological polar surface area (TPSA) is 37.4 Å². The van der Waals surface area contributed by atoms with Crippen LogP contribution in [0.2, 0.25) is 0 Å². The number of halogens is 1. The molecule has 0 amide bonds. The first kappa shape index (κ1) is 13.5. The Morgan fingerprint density at radius 2 is 1.87 bits per heavy atom. The fourth-order valence-corrected chi connectivity index (χ4v) is 4.85. The summed E-state index contributed by atoms with van der Waals surface area (Å²) in [5.41, 5.74) is 0. The Morgan fingerprint density at radius 1 is 1.27 bits per heavy atom. The molecule has 0 aromatic carbocycles. The molecule has 0 atom stereocenters. The van der Waals surface area contributed by atoms with Crippen molar-refractivity contribution in [2.24, 2.45) is 0 Å². The van der Waals surface area contributed by atoms with E-state index in [9.17, 15) is 8.42 Å². The van der Waals surface area contributed by atoms with Crippen molar-refractivity contribution in [1.29, 1.82) is 0 Å². The molecule has 0 unspecified atom stereocenters. The number of sulfonamides is 1. The quantitative estimate of drug-likeness (QED) is 0.731. The summed E-state index contributed by atoms with van der Waals surface area (Å²) in [5, 5.41) is 0.595. The predicted molar refractivity (Wildman–Crippen MR) is 66.8 cm³/mol. The van der Waals surface area contributed by atoms with Crippen LogP contribution >= 0.6 is 15.9 Å². The molecule has 1 rings (SSSR count). The summed E-state index contributed by atoms with van der Waals surface area (Å²) in [6.45, 7) is 3.09. The second-order valence-corrected chi connectivity index (χ2v) is 6.99. The van der Waals surface area contributed by atoms with Gasteiger partial charge >= 0.3 is 0 Å². The SMILES string of the molecule is CCN(CCBr)S(=O)(=O)C1CCCCC1. The summed E-state index contributed by atoms with van der Waals surface area (Å²) in [5.74, 6) is 0. The molecule has 1 aliphatic carbocycles. The molecule has 90 valence electrons. The van der Waals surface area contributed by atoms with Gasteiger partial charge in [-0.25, -0.2) is 12.7 Å². The van der Waals surface area contributed by atoms with Crippen LogP contribution in [0.3, 0.4) is 0 Å². The van der Waals surface area contributed by atoms with Gasteiger partial charge in [0.15, 0.2) is 0 Å². The Morgan fingerprint density at radius 3 is 2.33 bits per heavy atom. The van der Waals surface area contributed by atoms with Gasteiger partial charge < -0.3 is 0 Å². The van der Waals surface area contributed by atoms with Crippen molar-refractivity contribution in [1.82, 2.24) is 4.31 Å². The number of rotatable bonds is 5. The first-order valence-corrected chi connectivity index (χ1v) is 8.30. The molecule has 0 aliphatic heterocycles. The molecule has 1 saturated carbocycles. The van der Waals surface area contributed by atoms with E-state index in [1.807, 2.05) is 6.92 Å². The Balaban J connectivity index is 2.69. The Hall–Kier alpha value is 0.390. The summed E-state index contributed by atoms with van der Waals surface area (Å²) >= 11 is 3.30. The first-order valence-electron chi connectivity index (χ1n) is 5.67. The Labute approximate surface area is 101 Å². The van der Waals surface area contributed by atoms with E-state index in [2.05, 4.69) is 15.9 Å². The number of hydrogen-bond donors (Lipinski definition) is 0. The maximum atomic E-state index is 12.2. The normalized spacial score (nSPS) is 19.7. The highest BCUT2D eigenvalue weighted by Gasteiger charge is 2.31. The molecule has 0 saturated heterocycles. The largest absolute Gasteiger partial charge is 0.216 e. The van der Waals surface area contributed by atoms with Crippen LogP contribution in [-0.4, -0.2) is 36.4 Å². The Bertz CT molecular complexity index is 262. The van der Waals surface area contributed by atoms with Crippen LogP contribution in [0.25, 0.3) is 0 Å². The second kappa shape index (κ2) is 6.21. The van der Waals surface area contributed by atoms with E-state index in [4.69, 9.17) is 0 Å². The van der Waals surface area contributed by atoms with Crippen molar-refractivity contribution >= 4 is 26.0 Å². The smallest absolute Gasteiger partial charge is 0.212 e. The molecule has 0 radical (unpaired) electrons. The van der Waals surface area contributed by atoms with Gasteiger partial charge in [0.05, 0.1) is 5.25 Å². The summed E-state index contributed by atoms with van der Waals surface area (Å²) < 4.78 is 26.0. The highest BCUT2D eigenvalue weighted by Crippen LogP contribution is 2.25. The molecule has 0 spiro atoms. The Kier molecular flexibility index (Phi) is 5.57. The van der Waals surface area contributed by atoms with Gasteiger partial charge in [0, 0.05) is 18.4 Å². The molecular weight excluding hydrogens is 278 g/mol. The van der Waals surface area contributed by atoms with Gasteiger partial charge in [-0.3, -0.25) is 0 Å². The van der Waals surface area contributed by atoms with E-state index in [0.29, 0.717) is 18.4 Å². The van der Waals surface area contributed by atoms with Crippen molar-refractivity contribution < 1.29 is 8.42 Å². The van der Waals surface area contributed by atoms with Gasteiger partial charge in [0.2, 0.25) is 10.0 Å². The van der Waals surface area contributed by atoms with Gasteiger partial charge in [0.25, 0.3) is 0 Å². The maximum absolute atomic E-state index is 12.2. The van der Waals surface area contributed by atoms with Gasteiger partial charge in [-0.2, -0.15) is 0 Å². The van der Waals surface area contributed by atoms with E-state index >= 15 is 0 Å². The molecular formula is C10H20BrNO2S. The van der Waals surface area contributed by atoms with Crippen LogP contribution in [0, 0.1) is 0 Å². The lowest BCUT2D eigenvalue weighted by Gasteiger charge is -2.28. The third-order valence-electron chi connectivity index (χ3n) is 3.02. The van der Waals surface area contributed by atoms with Gasteiger partial charge in [-0.1, -0.05) is 42.1 Å². The van der Waals surface area contributed by atoms with E-state index in [-0.39, 0.29) is 5.25 Å². The van der Waals surface area contributed by atoms with Crippen molar-refractivity contribution in [3.63, 3.8) is 0 Å². The van der Waals surface area contributed by atoms with Crippen LogP contribution in [0.15, 0.2) is 0 Å². The van der Waals surface area contributed by atoms with Gasteiger partial charge in [0.1, 0.15) is 0 Å². The summed E-state index contributed by atoms with van der Waals surface area (Å²) in [6, 6.07) is 0. The molecule has 0 N–H and O–H groups in total. The summed E-state index contributed by atoms with van der Waals surface area (Å²) in [4.78, 5) is 0. The average molecular weight is 298 g/mol.